The lowest BCUT2D eigenvalue weighted by Crippen LogP contribution is -2.57. The van der Waals surface area contributed by atoms with Gasteiger partial charge in [0.1, 0.15) is 0 Å². The third-order valence-corrected chi connectivity index (χ3v) is 5.77. The van der Waals surface area contributed by atoms with E-state index in [2.05, 4.69) is 24.0 Å². The summed E-state index contributed by atoms with van der Waals surface area (Å²) in [5.41, 5.74) is 6.96. The van der Waals surface area contributed by atoms with Gasteiger partial charge in [0.05, 0.1) is 0 Å². The highest BCUT2D eigenvalue weighted by Crippen LogP contribution is 2.23. The van der Waals surface area contributed by atoms with E-state index in [1.807, 2.05) is 35.2 Å². The summed E-state index contributed by atoms with van der Waals surface area (Å²) in [7, 11) is 0. The van der Waals surface area contributed by atoms with Gasteiger partial charge in [-0.15, -0.1) is 0 Å². The number of rotatable bonds is 8. The molecule has 1 amide bonds. The maximum Gasteiger partial charge on any atom is 0.254 e. The van der Waals surface area contributed by atoms with Crippen LogP contribution in [0.25, 0.3) is 10.8 Å². The Morgan fingerprint density at radius 1 is 1.21 bits per heavy atom. The topological polar surface area (TPSA) is 69.8 Å². The third kappa shape index (κ3) is 4.90. The van der Waals surface area contributed by atoms with E-state index >= 15 is 0 Å². The summed E-state index contributed by atoms with van der Waals surface area (Å²) in [5.74, 6) is 0.123. The molecule has 0 aliphatic carbocycles. The van der Waals surface area contributed by atoms with Crippen molar-refractivity contribution in [1.29, 1.82) is 0 Å². The van der Waals surface area contributed by atoms with Crippen molar-refractivity contribution in [3.8, 4) is 0 Å². The van der Waals surface area contributed by atoms with Crippen LogP contribution in [-0.4, -0.2) is 65.7 Å². The number of amides is 1. The Bertz CT molecular complexity index is 774. The molecule has 5 heteroatoms. The molecule has 152 valence electrons. The quantitative estimate of drug-likeness (QED) is 0.735. The molecule has 1 aliphatic heterocycles. The molecule has 1 aliphatic rings. The van der Waals surface area contributed by atoms with Gasteiger partial charge in [-0.1, -0.05) is 56.2 Å². The summed E-state index contributed by atoms with van der Waals surface area (Å²) in [6.45, 7) is 5.41. The predicted octanol–water partition coefficient (Wildman–Crippen LogP) is 2.87. The molecule has 5 nitrogen and oxygen atoms in total. The van der Waals surface area contributed by atoms with Gasteiger partial charge in [0.15, 0.2) is 0 Å². The largest absolute Gasteiger partial charge is 0.396 e. The molecule has 0 aromatic heterocycles. The van der Waals surface area contributed by atoms with E-state index in [0.717, 1.165) is 61.8 Å². The summed E-state index contributed by atoms with van der Waals surface area (Å²) in [5, 5.41) is 11.3. The summed E-state index contributed by atoms with van der Waals surface area (Å²) in [6.07, 6.45) is 3.98. The van der Waals surface area contributed by atoms with Crippen molar-refractivity contribution in [2.75, 3.05) is 32.8 Å². The first-order valence-electron chi connectivity index (χ1n) is 10.5. The van der Waals surface area contributed by atoms with Crippen molar-refractivity contribution in [1.82, 2.24) is 9.80 Å². The fourth-order valence-corrected chi connectivity index (χ4v) is 4.17. The van der Waals surface area contributed by atoms with Crippen molar-refractivity contribution < 1.29 is 9.90 Å². The lowest BCUT2D eigenvalue weighted by Gasteiger charge is -2.42. The van der Waals surface area contributed by atoms with Gasteiger partial charge < -0.3 is 15.7 Å². The number of hydrogen-bond donors (Lipinski definition) is 2. The number of piperazine rings is 1. The average molecular weight is 384 g/mol. The van der Waals surface area contributed by atoms with Crippen molar-refractivity contribution in [2.45, 2.75) is 44.7 Å². The molecule has 28 heavy (non-hydrogen) atoms. The molecule has 0 saturated carbocycles. The number of nitrogens with zero attached hydrogens (tertiary/aromatic N) is 2. The standard InChI is InChI=1S/C23H33N3O2/c1-2-3-9-20-17-26(14-13-25(20)16-19(24)12-15-27)23(28)22-11-6-8-18-7-4-5-10-21(18)22/h4-8,10-11,19-20,27H,2-3,9,12-17,24H2,1H3. The van der Waals surface area contributed by atoms with Gasteiger partial charge in [-0.2, -0.15) is 0 Å². The zero-order valence-electron chi connectivity index (χ0n) is 16.9. The first-order chi connectivity index (χ1) is 13.6. The van der Waals surface area contributed by atoms with Crippen LogP contribution in [0.2, 0.25) is 0 Å². The van der Waals surface area contributed by atoms with Crippen LogP contribution in [0.5, 0.6) is 0 Å². The highest BCUT2D eigenvalue weighted by atomic mass is 16.3. The van der Waals surface area contributed by atoms with Gasteiger partial charge in [0.25, 0.3) is 5.91 Å². The second-order valence-corrected chi connectivity index (χ2v) is 7.84. The normalized spacial score (nSPS) is 19.1. The van der Waals surface area contributed by atoms with E-state index in [0.29, 0.717) is 12.5 Å². The maximum atomic E-state index is 13.3. The van der Waals surface area contributed by atoms with Crippen LogP contribution in [0, 0.1) is 0 Å². The Labute approximate surface area is 168 Å². The smallest absolute Gasteiger partial charge is 0.254 e. The van der Waals surface area contributed by atoms with Crippen molar-refractivity contribution in [3.05, 3.63) is 48.0 Å². The third-order valence-electron chi connectivity index (χ3n) is 5.77. The fourth-order valence-electron chi connectivity index (χ4n) is 4.17. The fraction of sp³-hybridized carbons (Fsp3) is 0.522. The maximum absolute atomic E-state index is 13.3. The molecule has 2 aromatic rings. The minimum Gasteiger partial charge on any atom is -0.396 e. The van der Waals surface area contributed by atoms with Crippen LogP contribution < -0.4 is 5.73 Å². The van der Waals surface area contributed by atoms with Crippen LogP contribution in [0.1, 0.15) is 43.0 Å². The van der Waals surface area contributed by atoms with Gasteiger partial charge >= 0.3 is 0 Å². The molecule has 3 N–H and O–H groups in total. The van der Waals surface area contributed by atoms with Crippen molar-refractivity contribution in [2.24, 2.45) is 5.73 Å². The summed E-state index contributed by atoms with van der Waals surface area (Å²) >= 11 is 0. The molecule has 2 atom stereocenters. The number of benzene rings is 2. The molecule has 0 spiro atoms. The van der Waals surface area contributed by atoms with E-state index in [1.165, 1.54) is 0 Å². The summed E-state index contributed by atoms with van der Waals surface area (Å²) < 4.78 is 0. The Balaban J connectivity index is 1.75. The van der Waals surface area contributed by atoms with Crippen LogP contribution in [-0.2, 0) is 0 Å². The van der Waals surface area contributed by atoms with Crippen LogP contribution in [0.3, 0.4) is 0 Å². The number of aliphatic hydroxyl groups is 1. The highest BCUT2D eigenvalue weighted by molar-refractivity contribution is 6.07. The van der Waals surface area contributed by atoms with E-state index in [9.17, 15) is 4.79 Å². The van der Waals surface area contributed by atoms with E-state index in [-0.39, 0.29) is 18.6 Å². The SMILES string of the molecule is CCCCC1CN(C(=O)c2cccc3ccccc23)CCN1CC(N)CCO. The van der Waals surface area contributed by atoms with Gasteiger partial charge in [-0.05, 0) is 29.7 Å². The van der Waals surface area contributed by atoms with Gasteiger partial charge in [-0.3, -0.25) is 9.69 Å². The predicted molar refractivity (Wildman–Crippen MR) is 114 cm³/mol. The first kappa shape index (κ1) is 20.8. The minimum atomic E-state index is -0.0190. The number of unbranched alkanes of at least 4 members (excludes halogenated alkanes) is 1. The minimum absolute atomic E-state index is 0.0190. The van der Waals surface area contributed by atoms with Crippen molar-refractivity contribution >= 4 is 16.7 Å². The molecule has 1 heterocycles. The van der Waals surface area contributed by atoms with E-state index < -0.39 is 0 Å². The molecular weight excluding hydrogens is 350 g/mol. The Kier molecular flexibility index (Phi) is 7.43. The van der Waals surface area contributed by atoms with Crippen LogP contribution >= 0.6 is 0 Å². The molecule has 2 unspecified atom stereocenters. The highest BCUT2D eigenvalue weighted by Gasteiger charge is 2.30. The van der Waals surface area contributed by atoms with E-state index in [1.54, 1.807) is 0 Å². The lowest BCUT2D eigenvalue weighted by molar-refractivity contribution is 0.0436. The molecule has 1 fully saturated rings. The van der Waals surface area contributed by atoms with Crippen LogP contribution in [0.4, 0.5) is 0 Å². The monoisotopic (exact) mass is 383 g/mol. The zero-order chi connectivity index (χ0) is 19.9. The molecule has 1 saturated heterocycles. The Morgan fingerprint density at radius 3 is 2.79 bits per heavy atom. The van der Waals surface area contributed by atoms with Crippen LogP contribution in [0.15, 0.2) is 42.5 Å². The number of hydrogen-bond acceptors (Lipinski definition) is 4. The van der Waals surface area contributed by atoms with Gasteiger partial charge in [0.2, 0.25) is 0 Å². The number of carbonyl (C=O) groups excluding carboxylic acids is 1. The lowest BCUT2D eigenvalue weighted by atomic mass is 10.0. The summed E-state index contributed by atoms with van der Waals surface area (Å²) in [4.78, 5) is 17.7. The Morgan fingerprint density at radius 2 is 2.00 bits per heavy atom. The van der Waals surface area contributed by atoms with Crippen molar-refractivity contribution in [3.63, 3.8) is 0 Å². The second kappa shape index (κ2) is 10.0. The second-order valence-electron chi connectivity index (χ2n) is 7.84. The first-order valence-corrected chi connectivity index (χ1v) is 10.5. The molecule has 3 rings (SSSR count). The summed E-state index contributed by atoms with van der Waals surface area (Å²) in [6, 6.07) is 14.3. The molecular formula is C23H33N3O2. The number of carbonyl (C=O) groups is 1. The Hall–Kier alpha value is -1.95. The molecule has 2 aromatic carbocycles. The van der Waals surface area contributed by atoms with Gasteiger partial charge in [0, 0.05) is 50.4 Å². The number of aliphatic hydroxyl groups excluding tert-OH is 1. The number of nitrogens with two attached hydrogens (primary N) is 1. The number of fused-ring (bicyclic) bond motifs is 1. The van der Waals surface area contributed by atoms with Gasteiger partial charge in [-0.25, -0.2) is 0 Å². The zero-order valence-corrected chi connectivity index (χ0v) is 16.9. The average Bonchev–Trinajstić information content (AvgIpc) is 2.72. The molecule has 0 bridgehead atoms. The van der Waals surface area contributed by atoms with E-state index in [4.69, 9.17) is 10.8 Å². The molecule has 0 radical (unpaired) electrons.